The van der Waals surface area contributed by atoms with Crippen molar-refractivity contribution in [2.45, 2.75) is 38.1 Å². The second-order valence-corrected chi connectivity index (χ2v) is 5.10. The van der Waals surface area contributed by atoms with Crippen molar-refractivity contribution in [3.8, 4) is 0 Å². The van der Waals surface area contributed by atoms with Gasteiger partial charge < -0.3 is 10.4 Å². The first kappa shape index (κ1) is 11.9. The topological polar surface area (TPSA) is 52.6 Å². The molecule has 2 N–H and O–H groups in total. The summed E-state index contributed by atoms with van der Waals surface area (Å²) in [6.45, 7) is 2.81. The molecule has 2 aliphatic rings. The number of hydrogen-bond acceptors (Lipinski definition) is 3. The molecule has 4 heteroatoms. The van der Waals surface area contributed by atoms with Crippen LogP contribution in [0.15, 0.2) is 0 Å². The molecule has 1 aliphatic carbocycles. The van der Waals surface area contributed by atoms with E-state index in [9.17, 15) is 4.79 Å². The zero-order valence-corrected chi connectivity index (χ0v) is 9.82. The van der Waals surface area contributed by atoms with E-state index in [-0.39, 0.29) is 12.5 Å². The summed E-state index contributed by atoms with van der Waals surface area (Å²) in [6, 6.07) is 0.463. The van der Waals surface area contributed by atoms with Crippen LogP contribution in [0.1, 0.15) is 32.1 Å². The molecule has 0 aromatic rings. The van der Waals surface area contributed by atoms with Gasteiger partial charge in [-0.25, -0.2) is 0 Å². The molecule has 0 aromatic heterocycles. The van der Waals surface area contributed by atoms with Crippen LogP contribution in [0.5, 0.6) is 0 Å². The minimum atomic E-state index is 0.173. The van der Waals surface area contributed by atoms with Crippen molar-refractivity contribution >= 4 is 5.91 Å². The van der Waals surface area contributed by atoms with Gasteiger partial charge in [0, 0.05) is 19.2 Å². The van der Waals surface area contributed by atoms with Gasteiger partial charge in [0.15, 0.2) is 0 Å². The molecule has 0 aromatic carbocycles. The number of amides is 1. The van der Waals surface area contributed by atoms with E-state index in [0.717, 1.165) is 38.8 Å². The maximum atomic E-state index is 11.6. The quantitative estimate of drug-likeness (QED) is 0.711. The summed E-state index contributed by atoms with van der Waals surface area (Å²) in [5.41, 5.74) is 0. The van der Waals surface area contributed by atoms with E-state index in [4.69, 9.17) is 5.11 Å². The molecule has 0 spiro atoms. The zero-order valence-electron chi connectivity index (χ0n) is 9.82. The Morgan fingerprint density at radius 3 is 2.88 bits per heavy atom. The Morgan fingerprint density at radius 1 is 1.38 bits per heavy atom. The summed E-state index contributed by atoms with van der Waals surface area (Å²) in [5, 5.41) is 11.9. The van der Waals surface area contributed by atoms with Crippen LogP contribution in [0.2, 0.25) is 0 Å². The van der Waals surface area contributed by atoms with Gasteiger partial charge >= 0.3 is 0 Å². The van der Waals surface area contributed by atoms with Crippen molar-refractivity contribution in [2.75, 3.05) is 26.2 Å². The predicted molar refractivity (Wildman–Crippen MR) is 62.0 cm³/mol. The van der Waals surface area contributed by atoms with Crippen LogP contribution < -0.4 is 5.32 Å². The van der Waals surface area contributed by atoms with Crippen LogP contribution in [0, 0.1) is 5.92 Å². The van der Waals surface area contributed by atoms with Gasteiger partial charge in [-0.15, -0.1) is 0 Å². The Balaban J connectivity index is 1.69. The monoisotopic (exact) mass is 226 g/mol. The fraction of sp³-hybridized carbons (Fsp3) is 0.917. The molecule has 1 saturated heterocycles. The van der Waals surface area contributed by atoms with E-state index in [2.05, 4.69) is 10.2 Å². The molecule has 0 radical (unpaired) electrons. The first-order valence-corrected chi connectivity index (χ1v) is 6.40. The molecule has 1 unspecified atom stereocenters. The molecule has 1 atom stereocenters. The van der Waals surface area contributed by atoms with E-state index >= 15 is 0 Å². The number of hydrogen-bond donors (Lipinski definition) is 2. The highest BCUT2D eigenvalue weighted by atomic mass is 16.3. The summed E-state index contributed by atoms with van der Waals surface area (Å²) in [5.74, 6) is 0.750. The third kappa shape index (κ3) is 3.76. The van der Waals surface area contributed by atoms with Gasteiger partial charge in [-0.1, -0.05) is 0 Å². The van der Waals surface area contributed by atoms with Crippen molar-refractivity contribution in [1.82, 2.24) is 10.2 Å². The minimum absolute atomic E-state index is 0.173. The highest BCUT2D eigenvalue weighted by Crippen LogP contribution is 2.20. The second kappa shape index (κ2) is 5.64. The molecule has 1 aliphatic heterocycles. The molecule has 1 amide bonds. The summed E-state index contributed by atoms with van der Waals surface area (Å²) in [6.07, 6.45) is 5.53. The van der Waals surface area contributed by atoms with E-state index in [1.54, 1.807) is 0 Å². The lowest BCUT2D eigenvalue weighted by Crippen LogP contribution is -2.43. The number of aliphatic hydroxyl groups is 1. The van der Waals surface area contributed by atoms with Gasteiger partial charge in [0.1, 0.15) is 0 Å². The molecule has 1 saturated carbocycles. The maximum absolute atomic E-state index is 11.6. The number of rotatable bonds is 5. The van der Waals surface area contributed by atoms with Crippen molar-refractivity contribution in [3.05, 3.63) is 0 Å². The van der Waals surface area contributed by atoms with Gasteiger partial charge in [0.05, 0.1) is 6.54 Å². The number of piperidine rings is 1. The van der Waals surface area contributed by atoms with Crippen LogP contribution in [-0.4, -0.2) is 48.2 Å². The van der Waals surface area contributed by atoms with Crippen LogP contribution >= 0.6 is 0 Å². The number of likely N-dealkylation sites (tertiary alicyclic amines) is 1. The number of nitrogens with zero attached hydrogens (tertiary/aromatic N) is 1. The van der Waals surface area contributed by atoms with E-state index < -0.39 is 0 Å². The Morgan fingerprint density at radius 2 is 2.19 bits per heavy atom. The van der Waals surface area contributed by atoms with Crippen LogP contribution in [-0.2, 0) is 4.79 Å². The second-order valence-electron chi connectivity index (χ2n) is 5.10. The molecule has 92 valence electrons. The normalized spacial score (nSPS) is 26.7. The molecule has 16 heavy (non-hydrogen) atoms. The van der Waals surface area contributed by atoms with Crippen molar-refractivity contribution in [1.29, 1.82) is 0 Å². The van der Waals surface area contributed by atoms with Gasteiger partial charge in [-0.3, -0.25) is 9.69 Å². The Bertz CT molecular complexity index is 239. The van der Waals surface area contributed by atoms with E-state index in [1.165, 1.54) is 6.42 Å². The average molecular weight is 226 g/mol. The fourth-order valence-corrected chi connectivity index (χ4v) is 2.42. The van der Waals surface area contributed by atoms with E-state index in [0.29, 0.717) is 18.5 Å². The number of nitrogens with one attached hydrogen (secondary N) is 1. The lowest BCUT2D eigenvalue weighted by molar-refractivity contribution is -0.122. The predicted octanol–water partition coefficient (Wildman–Crippen LogP) is 0.359. The fourth-order valence-electron chi connectivity index (χ4n) is 2.42. The van der Waals surface area contributed by atoms with Crippen LogP contribution in [0.4, 0.5) is 0 Å². The summed E-state index contributed by atoms with van der Waals surface area (Å²) in [7, 11) is 0. The molecule has 0 bridgehead atoms. The van der Waals surface area contributed by atoms with Gasteiger partial charge in [-0.05, 0) is 44.6 Å². The van der Waals surface area contributed by atoms with Crippen LogP contribution in [0.25, 0.3) is 0 Å². The average Bonchev–Trinajstić information content (AvgIpc) is 3.02. The summed E-state index contributed by atoms with van der Waals surface area (Å²) < 4.78 is 0. The Labute approximate surface area is 97.0 Å². The first-order chi connectivity index (χ1) is 7.78. The Kier molecular flexibility index (Phi) is 4.18. The standard InChI is InChI=1S/C12H22N2O2/c15-7-5-10-2-1-6-14(8-10)9-12(16)13-11-3-4-11/h10-11,15H,1-9H2,(H,13,16). The summed E-state index contributed by atoms with van der Waals surface area (Å²) >= 11 is 0. The molecule has 1 heterocycles. The van der Waals surface area contributed by atoms with Crippen molar-refractivity contribution < 1.29 is 9.90 Å². The molecular formula is C12H22N2O2. The maximum Gasteiger partial charge on any atom is 0.234 e. The Hall–Kier alpha value is -0.610. The third-order valence-electron chi connectivity index (χ3n) is 3.45. The van der Waals surface area contributed by atoms with Gasteiger partial charge in [0.25, 0.3) is 0 Å². The highest BCUT2D eigenvalue weighted by Gasteiger charge is 2.25. The SMILES string of the molecule is O=C(CN1CCCC(CCO)C1)NC1CC1. The largest absolute Gasteiger partial charge is 0.396 e. The van der Waals surface area contributed by atoms with Gasteiger partial charge in [0.2, 0.25) is 5.91 Å². The van der Waals surface area contributed by atoms with Gasteiger partial charge in [-0.2, -0.15) is 0 Å². The smallest absolute Gasteiger partial charge is 0.234 e. The van der Waals surface area contributed by atoms with Crippen molar-refractivity contribution in [2.24, 2.45) is 5.92 Å². The first-order valence-electron chi connectivity index (χ1n) is 6.40. The lowest BCUT2D eigenvalue weighted by atomic mass is 9.95. The zero-order chi connectivity index (χ0) is 11.4. The van der Waals surface area contributed by atoms with Crippen LogP contribution in [0.3, 0.4) is 0 Å². The number of aliphatic hydroxyl groups excluding tert-OH is 1. The summed E-state index contributed by atoms with van der Waals surface area (Å²) in [4.78, 5) is 13.8. The molecule has 4 nitrogen and oxygen atoms in total. The van der Waals surface area contributed by atoms with E-state index in [1.807, 2.05) is 0 Å². The third-order valence-corrected chi connectivity index (χ3v) is 3.45. The molecule has 2 rings (SSSR count). The number of carbonyl (C=O) groups is 1. The molecule has 2 fully saturated rings. The highest BCUT2D eigenvalue weighted by molar-refractivity contribution is 5.78. The van der Waals surface area contributed by atoms with Crippen molar-refractivity contribution in [3.63, 3.8) is 0 Å². The number of carbonyl (C=O) groups excluding carboxylic acids is 1. The molecular weight excluding hydrogens is 204 g/mol. The minimum Gasteiger partial charge on any atom is -0.396 e. The lowest BCUT2D eigenvalue weighted by Gasteiger charge is -2.31.